The van der Waals surface area contributed by atoms with Gasteiger partial charge in [0.25, 0.3) is 0 Å². The van der Waals surface area contributed by atoms with Gasteiger partial charge in [-0.2, -0.15) is 0 Å². The van der Waals surface area contributed by atoms with Gasteiger partial charge in [0.05, 0.1) is 6.42 Å². The van der Waals surface area contributed by atoms with E-state index in [-0.39, 0.29) is 17.9 Å². The van der Waals surface area contributed by atoms with E-state index in [1.807, 2.05) is 20.8 Å². The van der Waals surface area contributed by atoms with Gasteiger partial charge in [0, 0.05) is 11.6 Å². The minimum absolute atomic E-state index is 0.146. The van der Waals surface area contributed by atoms with E-state index in [2.05, 4.69) is 16.0 Å². The first kappa shape index (κ1) is 18.2. The van der Waals surface area contributed by atoms with Gasteiger partial charge in [0.2, 0.25) is 5.91 Å². The van der Waals surface area contributed by atoms with Gasteiger partial charge in [-0.15, -0.1) is 0 Å². The zero-order valence-corrected chi connectivity index (χ0v) is 12.7. The van der Waals surface area contributed by atoms with Crippen molar-refractivity contribution in [3.63, 3.8) is 0 Å². The van der Waals surface area contributed by atoms with Crippen molar-refractivity contribution in [2.75, 3.05) is 0 Å². The van der Waals surface area contributed by atoms with Crippen molar-refractivity contribution in [3.05, 3.63) is 0 Å². The number of carbonyl (C=O) groups is 3. The van der Waals surface area contributed by atoms with Crippen molar-refractivity contribution in [2.45, 2.75) is 65.1 Å². The number of amides is 3. The van der Waals surface area contributed by atoms with Crippen molar-refractivity contribution < 1.29 is 19.5 Å². The molecular formula is C13H25N3O4. The second-order valence-corrected chi connectivity index (χ2v) is 5.78. The number of aliphatic carboxylic acids is 1. The highest BCUT2D eigenvalue weighted by atomic mass is 16.4. The number of hydrogen-bond donors (Lipinski definition) is 4. The van der Waals surface area contributed by atoms with E-state index in [0.29, 0.717) is 6.42 Å². The fourth-order valence-electron chi connectivity index (χ4n) is 1.48. The largest absolute Gasteiger partial charge is 0.481 e. The third-order valence-electron chi connectivity index (χ3n) is 2.49. The Bertz CT molecular complexity index is 363. The molecule has 0 aromatic carbocycles. The summed E-state index contributed by atoms with van der Waals surface area (Å²) in [6.45, 7) is 8.88. The van der Waals surface area contributed by atoms with Crippen LogP contribution in [0, 0.1) is 0 Å². The van der Waals surface area contributed by atoms with Crippen molar-refractivity contribution >= 4 is 17.9 Å². The van der Waals surface area contributed by atoms with Gasteiger partial charge in [-0.05, 0) is 34.1 Å². The van der Waals surface area contributed by atoms with Crippen LogP contribution in [0.2, 0.25) is 0 Å². The van der Waals surface area contributed by atoms with E-state index in [9.17, 15) is 14.4 Å². The van der Waals surface area contributed by atoms with Gasteiger partial charge >= 0.3 is 12.0 Å². The van der Waals surface area contributed by atoms with Gasteiger partial charge in [-0.25, -0.2) is 4.79 Å². The standard InChI is InChI=1S/C13H25N3O4/c1-6-9(7-10(17)18)15-12(20)14-8(2)11(19)16-13(3,4)5/h8-9H,6-7H2,1-5H3,(H,16,19)(H,17,18)(H2,14,15,20). The predicted molar refractivity (Wildman–Crippen MR) is 75.4 cm³/mol. The number of carbonyl (C=O) groups excluding carboxylic acids is 2. The Labute approximate surface area is 119 Å². The number of nitrogens with one attached hydrogen (secondary N) is 3. The second-order valence-electron chi connectivity index (χ2n) is 5.78. The van der Waals surface area contributed by atoms with Crippen LogP contribution in [0.15, 0.2) is 0 Å². The molecule has 2 atom stereocenters. The van der Waals surface area contributed by atoms with Crippen LogP contribution < -0.4 is 16.0 Å². The Morgan fingerprint density at radius 2 is 1.70 bits per heavy atom. The number of rotatable bonds is 6. The maximum absolute atomic E-state index is 11.8. The Morgan fingerprint density at radius 3 is 2.10 bits per heavy atom. The lowest BCUT2D eigenvalue weighted by molar-refractivity contribution is -0.137. The molecule has 0 aliphatic carbocycles. The molecule has 0 fully saturated rings. The summed E-state index contributed by atoms with van der Waals surface area (Å²) in [5, 5.41) is 16.5. The molecule has 0 saturated carbocycles. The van der Waals surface area contributed by atoms with E-state index in [0.717, 1.165) is 0 Å². The minimum atomic E-state index is -0.976. The molecule has 0 spiro atoms. The lowest BCUT2D eigenvalue weighted by Gasteiger charge is -2.24. The predicted octanol–water partition coefficient (Wildman–Crippen LogP) is 0.842. The zero-order valence-electron chi connectivity index (χ0n) is 12.7. The van der Waals surface area contributed by atoms with Gasteiger partial charge in [-0.3, -0.25) is 9.59 Å². The summed E-state index contributed by atoms with van der Waals surface area (Å²) in [5.74, 6) is -1.27. The second kappa shape index (κ2) is 7.72. The lowest BCUT2D eigenvalue weighted by atomic mass is 10.1. The average Bonchev–Trinajstić information content (AvgIpc) is 2.24. The molecule has 0 aliphatic heterocycles. The molecule has 0 saturated heterocycles. The molecule has 4 N–H and O–H groups in total. The highest BCUT2D eigenvalue weighted by molar-refractivity contribution is 5.87. The Kier molecular flexibility index (Phi) is 7.02. The molecule has 0 rings (SSSR count). The smallest absolute Gasteiger partial charge is 0.315 e. The molecular weight excluding hydrogens is 262 g/mol. The lowest BCUT2D eigenvalue weighted by Crippen LogP contribution is -2.54. The van der Waals surface area contributed by atoms with Crippen LogP contribution in [-0.4, -0.2) is 40.6 Å². The van der Waals surface area contributed by atoms with Gasteiger partial charge in [0.1, 0.15) is 6.04 Å². The number of urea groups is 1. The van der Waals surface area contributed by atoms with E-state index in [4.69, 9.17) is 5.11 Å². The normalized spacial score (nSPS) is 14.1. The third kappa shape index (κ3) is 8.34. The van der Waals surface area contributed by atoms with Gasteiger partial charge in [0.15, 0.2) is 0 Å². The van der Waals surface area contributed by atoms with E-state index in [1.165, 1.54) is 0 Å². The van der Waals surface area contributed by atoms with Crippen LogP contribution >= 0.6 is 0 Å². The van der Waals surface area contributed by atoms with Crippen LogP contribution in [-0.2, 0) is 9.59 Å². The third-order valence-corrected chi connectivity index (χ3v) is 2.49. The molecule has 0 heterocycles. The summed E-state index contributed by atoms with van der Waals surface area (Å²) >= 11 is 0. The van der Waals surface area contributed by atoms with Crippen LogP contribution in [0.5, 0.6) is 0 Å². The number of carboxylic acid groups (broad SMARTS) is 1. The van der Waals surface area contributed by atoms with E-state index < -0.39 is 24.1 Å². The van der Waals surface area contributed by atoms with Crippen molar-refractivity contribution in [2.24, 2.45) is 0 Å². The van der Waals surface area contributed by atoms with Crippen molar-refractivity contribution in [1.29, 1.82) is 0 Å². The van der Waals surface area contributed by atoms with Crippen LogP contribution in [0.1, 0.15) is 47.5 Å². The summed E-state index contributed by atoms with van der Waals surface area (Å²) in [5.41, 5.74) is -0.376. The summed E-state index contributed by atoms with van der Waals surface area (Å²) in [7, 11) is 0. The van der Waals surface area contributed by atoms with E-state index >= 15 is 0 Å². The summed E-state index contributed by atoms with van der Waals surface area (Å²) in [4.78, 5) is 34.1. The minimum Gasteiger partial charge on any atom is -0.481 e. The topological polar surface area (TPSA) is 108 Å². The molecule has 7 heteroatoms. The first-order valence-electron chi connectivity index (χ1n) is 6.66. The maximum atomic E-state index is 11.8. The fourth-order valence-corrected chi connectivity index (χ4v) is 1.48. The van der Waals surface area contributed by atoms with Crippen LogP contribution in [0.3, 0.4) is 0 Å². The van der Waals surface area contributed by atoms with Crippen LogP contribution in [0.4, 0.5) is 4.79 Å². The zero-order chi connectivity index (χ0) is 15.9. The van der Waals surface area contributed by atoms with E-state index in [1.54, 1.807) is 13.8 Å². The summed E-state index contributed by atoms with van der Waals surface area (Å²) in [6, 6.07) is -1.70. The average molecular weight is 287 g/mol. The van der Waals surface area contributed by atoms with Gasteiger partial charge in [-0.1, -0.05) is 6.92 Å². The quantitative estimate of drug-likeness (QED) is 0.580. The van der Waals surface area contributed by atoms with Gasteiger partial charge < -0.3 is 21.1 Å². The molecule has 2 unspecified atom stereocenters. The molecule has 0 radical (unpaired) electrons. The molecule has 20 heavy (non-hydrogen) atoms. The molecule has 3 amide bonds. The molecule has 0 aromatic heterocycles. The molecule has 0 bridgehead atoms. The fraction of sp³-hybridized carbons (Fsp3) is 0.769. The Balaban J connectivity index is 4.31. The Hall–Kier alpha value is -1.79. The first-order valence-corrected chi connectivity index (χ1v) is 6.66. The summed E-state index contributed by atoms with van der Waals surface area (Å²) in [6.07, 6.45) is 0.356. The maximum Gasteiger partial charge on any atom is 0.315 e. The number of hydrogen-bond acceptors (Lipinski definition) is 3. The number of carboxylic acids is 1. The first-order chi connectivity index (χ1) is 9.05. The summed E-state index contributed by atoms with van der Waals surface area (Å²) < 4.78 is 0. The SMILES string of the molecule is CCC(CC(=O)O)NC(=O)NC(C)C(=O)NC(C)(C)C. The van der Waals surface area contributed by atoms with Crippen LogP contribution in [0.25, 0.3) is 0 Å². The van der Waals surface area contributed by atoms with Crippen molar-refractivity contribution in [3.8, 4) is 0 Å². The molecule has 7 nitrogen and oxygen atoms in total. The van der Waals surface area contributed by atoms with Crippen molar-refractivity contribution in [1.82, 2.24) is 16.0 Å². The molecule has 0 aromatic rings. The molecule has 0 aliphatic rings. The highest BCUT2D eigenvalue weighted by Gasteiger charge is 2.21. The highest BCUT2D eigenvalue weighted by Crippen LogP contribution is 2.00. The molecule has 116 valence electrons. The monoisotopic (exact) mass is 287 g/mol. The Morgan fingerprint density at radius 1 is 1.15 bits per heavy atom.